The number of fused-ring (bicyclic) bond motifs is 1. The molecule has 0 aliphatic carbocycles. The molecular formula is C22H21ClFN5O3. The van der Waals surface area contributed by atoms with Crippen LogP contribution in [0.1, 0.15) is 19.3 Å². The quantitative estimate of drug-likeness (QED) is 0.601. The van der Waals surface area contributed by atoms with Crippen molar-refractivity contribution in [3.63, 3.8) is 0 Å². The molecule has 2 unspecified atom stereocenters. The third-order valence-electron chi connectivity index (χ3n) is 5.59. The number of rotatable bonds is 5. The highest BCUT2D eigenvalue weighted by Crippen LogP contribution is 2.39. The van der Waals surface area contributed by atoms with Crippen LogP contribution in [0.4, 0.5) is 21.6 Å². The van der Waals surface area contributed by atoms with E-state index in [0.29, 0.717) is 59.9 Å². The molecule has 0 radical (unpaired) electrons. The molecule has 2 aliphatic rings. The van der Waals surface area contributed by atoms with Crippen molar-refractivity contribution in [1.29, 1.82) is 0 Å². The summed E-state index contributed by atoms with van der Waals surface area (Å²) in [6.07, 6.45) is 2.56. The van der Waals surface area contributed by atoms with E-state index in [4.69, 9.17) is 26.8 Å². The fourth-order valence-corrected chi connectivity index (χ4v) is 4.15. The first-order valence-corrected chi connectivity index (χ1v) is 10.7. The average Bonchev–Trinajstić information content (AvgIpc) is 3.40. The van der Waals surface area contributed by atoms with Crippen molar-refractivity contribution in [1.82, 2.24) is 9.97 Å². The van der Waals surface area contributed by atoms with Crippen molar-refractivity contribution >= 4 is 45.6 Å². The Bertz CT molecular complexity index is 1190. The molecule has 1 amide bonds. The van der Waals surface area contributed by atoms with Crippen molar-refractivity contribution in [3.8, 4) is 5.75 Å². The Morgan fingerprint density at radius 2 is 2.12 bits per heavy atom. The molecule has 2 atom stereocenters. The van der Waals surface area contributed by atoms with Gasteiger partial charge in [0.2, 0.25) is 5.91 Å². The molecule has 3 N–H and O–H groups in total. The number of amides is 1. The Balaban J connectivity index is 1.60. The van der Waals surface area contributed by atoms with Crippen molar-refractivity contribution in [3.05, 3.63) is 47.5 Å². The predicted molar refractivity (Wildman–Crippen MR) is 119 cm³/mol. The monoisotopic (exact) mass is 457 g/mol. The number of hydrogen-bond acceptors (Lipinski definition) is 7. The number of anilines is 3. The molecule has 0 saturated carbocycles. The van der Waals surface area contributed by atoms with E-state index in [-0.39, 0.29) is 17.0 Å². The topological polar surface area (TPSA) is 103 Å². The summed E-state index contributed by atoms with van der Waals surface area (Å²) in [5.41, 5.74) is 7.99. The molecular weight excluding hydrogens is 437 g/mol. The Morgan fingerprint density at radius 3 is 2.84 bits per heavy atom. The maximum atomic E-state index is 13.5. The highest BCUT2D eigenvalue weighted by molar-refractivity contribution is 6.31. The lowest BCUT2D eigenvalue weighted by Gasteiger charge is -2.26. The van der Waals surface area contributed by atoms with Gasteiger partial charge in [-0.25, -0.2) is 14.4 Å². The second kappa shape index (κ2) is 8.50. The number of aromatic nitrogens is 2. The van der Waals surface area contributed by atoms with E-state index >= 15 is 0 Å². The number of halogens is 2. The normalized spacial score (nSPS) is 20.8. The van der Waals surface area contributed by atoms with Crippen LogP contribution in [0.3, 0.4) is 0 Å². The summed E-state index contributed by atoms with van der Waals surface area (Å²) in [6.45, 7) is 1.12. The zero-order valence-electron chi connectivity index (χ0n) is 17.1. The van der Waals surface area contributed by atoms with Crippen LogP contribution in [0.15, 0.2) is 36.7 Å². The number of benzene rings is 2. The summed E-state index contributed by atoms with van der Waals surface area (Å²) in [4.78, 5) is 22.9. The molecule has 2 saturated heterocycles. The minimum atomic E-state index is -0.508. The van der Waals surface area contributed by atoms with Gasteiger partial charge in [-0.15, -0.1) is 0 Å². The van der Waals surface area contributed by atoms with E-state index in [1.165, 1.54) is 18.5 Å². The van der Waals surface area contributed by atoms with Crippen LogP contribution in [0, 0.1) is 5.82 Å². The van der Waals surface area contributed by atoms with Crippen molar-refractivity contribution in [2.24, 2.45) is 5.73 Å². The Morgan fingerprint density at radius 1 is 1.25 bits per heavy atom. The maximum absolute atomic E-state index is 13.5. The van der Waals surface area contributed by atoms with E-state index < -0.39 is 12.0 Å². The van der Waals surface area contributed by atoms with Gasteiger partial charge in [0.25, 0.3) is 0 Å². The number of nitrogens with two attached hydrogens (primary N) is 1. The number of nitrogens with one attached hydrogen (secondary N) is 1. The minimum absolute atomic E-state index is 0.00263. The molecule has 2 aliphatic heterocycles. The predicted octanol–water partition coefficient (Wildman–Crippen LogP) is 3.75. The van der Waals surface area contributed by atoms with E-state index in [1.54, 1.807) is 23.1 Å². The fraction of sp³-hybridized carbons (Fsp3) is 0.318. The molecule has 0 spiro atoms. The SMILES string of the molecule is NC1CCC(=O)N1c1cc2c(Nc3ccc(F)c(Cl)c3)ncnc2cc1OC1CCOC1. The molecule has 8 nitrogen and oxygen atoms in total. The van der Waals surface area contributed by atoms with Crippen molar-refractivity contribution < 1.29 is 18.7 Å². The van der Waals surface area contributed by atoms with E-state index in [1.807, 2.05) is 0 Å². The van der Waals surface area contributed by atoms with Crippen molar-refractivity contribution in [2.75, 3.05) is 23.4 Å². The number of ether oxygens (including phenoxy) is 2. The maximum Gasteiger partial charge on any atom is 0.228 e. The number of nitrogens with zero attached hydrogens (tertiary/aromatic N) is 3. The van der Waals surface area contributed by atoms with Crippen LogP contribution in [0.2, 0.25) is 5.02 Å². The third kappa shape index (κ3) is 3.94. The zero-order valence-corrected chi connectivity index (χ0v) is 17.8. The molecule has 5 rings (SSSR count). The van der Waals surface area contributed by atoms with E-state index in [2.05, 4.69) is 15.3 Å². The fourth-order valence-electron chi connectivity index (χ4n) is 3.97. The largest absolute Gasteiger partial charge is 0.486 e. The lowest BCUT2D eigenvalue weighted by molar-refractivity contribution is -0.117. The van der Waals surface area contributed by atoms with Gasteiger partial charge in [-0.3, -0.25) is 9.69 Å². The van der Waals surface area contributed by atoms with Gasteiger partial charge in [0.15, 0.2) is 0 Å². The molecule has 3 heterocycles. The smallest absolute Gasteiger partial charge is 0.228 e. The van der Waals surface area contributed by atoms with Crippen LogP contribution in [0.5, 0.6) is 5.75 Å². The number of carbonyl (C=O) groups is 1. The molecule has 2 aromatic carbocycles. The van der Waals surface area contributed by atoms with Gasteiger partial charge in [-0.2, -0.15) is 0 Å². The van der Waals surface area contributed by atoms with Crippen LogP contribution in [-0.2, 0) is 9.53 Å². The second-order valence-corrected chi connectivity index (χ2v) is 8.19. The molecule has 10 heteroatoms. The molecule has 0 bridgehead atoms. The number of hydrogen-bond donors (Lipinski definition) is 2. The molecule has 32 heavy (non-hydrogen) atoms. The third-order valence-corrected chi connectivity index (χ3v) is 5.88. The summed E-state index contributed by atoms with van der Waals surface area (Å²) >= 11 is 5.91. The summed E-state index contributed by atoms with van der Waals surface area (Å²) in [5.74, 6) is 0.426. The molecule has 1 aromatic heterocycles. The zero-order chi connectivity index (χ0) is 22.2. The Hall–Kier alpha value is -3.01. The Labute approximate surface area is 188 Å². The average molecular weight is 458 g/mol. The van der Waals surface area contributed by atoms with Crippen molar-refractivity contribution in [2.45, 2.75) is 31.5 Å². The lowest BCUT2D eigenvalue weighted by Crippen LogP contribution is -2.39. The summed E-state index contributed by atoms with van der Waals surface area (Å²) in [6, 6.07) is 7.90. The first kappa shape index (κ1) is 20.9. The van der Waals surface area contributed by atoms with Gasteiger partial charge in [0, 0.05) is 30.0 Å². The Kier molecular flexibility index (Phi) is 5.54. The van der Waals surface area contributed by atoms with Gasteiger partial charge in [-0.05, 0) is 30.7 Å². The van der Waals surface area contributed by atoms with Gasteiger partial charge >= 0.3 is 0 Å². The highest BCUT2D eigenvalue weighted by Gasteiger charge is 2.33. The molecule has 2 fully saturated rings. The van der Waals surface area contributed by atoms with E-state index in [9.17, 15) is 9.18 Å². The summed E-state index contributed by atoms with van der Waals surface area (Å²) < 4.78 is 25.2. The van der Waals surface area contributed by atoms with E-state index in [0.717, 1.165) is 6.42 Å². The molecule has 3 aromatic rings. The summed E-state index contributed by atoms with van der Waals surface area (Å²) in [5, 5.41) is 3.80. The first-order chi connectivity index (χ1) is 15.5. The second-order valence-electron chi connectivity index (χ2n) is 7.79. The van der Waals surface area contributed by atoms with Gasteiger partial charge in [0.05, 0.1) is 35.6 Å². The van der Waals surface area contributed by atoms with Gasteiger partial charge in [0.1, 0.15) is 29.8 Å². The molecule has 166 valence electrons. The van der Waals surface area contributed by atoms with Crippen LogP contribution < -0.4 is 20.7 Å². The minimum Gasteiger partial charge on any atom is -0.486 e. The van der Waals surface area contributed by atoms with Gasteiger partial charge < -0.3 is 20.5 Å². The van der Waals surface area contributed by atoms with Crippen LogP contribution >= 0.6 is 11.6 Å². The van der Waals surface area contributed by atoms with Crippen LogP contribution in [-0.4, -0.2) is 41.4 Å². The standard InChI is InChI=1S/C22H21ClFN5O3/c23-15-7-12(1-2-16(15)24)28-22-14-8-18(29-20(25)3-4-21(29)30)19(9-17(14)26-11-27-22)32-13-5-6-31-10-13/h1-2,7-9,11,13,20H,3-6,10,25H2,(H,26,27,28). The van der Waals surface area contributed by atoms with Crippen LogP contribution in [0.25, 0.3) is 10.9 Å². The first-order valence-electron chi connectivity index (χ1n) is 10.3. The lowest BCUT2D eigenvalue weighted by atomic mass is 10.1. The summed E-state index contributed by atoms with van der Waals surface area (Å²) in [7, 11) is 0. The number of carbonyl (C=O) groups excluding carboxylic acids is 1. The van der Waals surface area contributed by atoms with Gasteiger partial charge in [-0.1, -0.05) is 11.6 Å². The highest BCUT2D eigenvalue weighted by atomic mass is 35.5.